The van der Waals surface area contributed by atoms with E-state index in [2.05, 4.69) is 81.5 Å². The van der Waals surface area contributed by atoms with E-state index in [4.69, 9.17) is 14.2 Å². The second-order valence-electron chi connectivity index (χ2n) is 22.0. The van der Waals surface area contributed by atoms with E-state index in [0.29, 0.717) is 19.3 Å². The van der Waals surface area contributed by atoms with Crippen LogP contribution in [0.1, 0.15) is 342 Å². The fourth-order valence-corrected chi connectivity index (χ4v) is 9.50. The van der Waals surface area contributed by atoms with Crippen LogP contribution in [-0.4, -0.2) is 37.2 Å². The number of rotatable bonds is 60. The Morgan fingerprint density at radius 2 is 0.480 bits per heavy atom. The number of unbranched alkanes of at least 4 members (excludes halogenated alkanes) is 39. The molecule has 0 aromatic rings. The molecule has 0 heterocycles. The summed E-state index contributed by atoms with van der Waals surface area (Å²) in [6, 6.07) is 0. The Bertz CT molecular complexity index is 1340. The molecule has 0 saturated heterocycles. The van der Waals surface area contributed by atoms with E-state index in [1.54, 1.807) is 0 Å². The maximum atomic E-state index is 12.9. The minimum Gasteiger partial charge on any atom is -0.462 e. The summed E-state index contributed by atoms with van der Waals surface area (Å²) in [6.45, 7) is 6.62. The Labute approximate surface area is 466 Å². The third kappa shape index (κ3) is 61.8. The summed E-state index contributed by atoms with van der Waals surface area (Å²) in [5, 5.41) is 0. The molecule has 0 bridgehead atoms. The van der Waals surface area contributed by atoms with E-state index >= 15 is 0 Å². The standard InChI is InChI=1S/C69H124O6/c1-4-7-10-13-16-19-22-25-28-31-33-34-36-39-42-45-48-51-54-57-60-63-69(72)75-66(64-73-67(70)61-58-55-52-49-46-43-40-37-30-27-24-21-18-15-12-9-6-3)65-74-68(71)62-59-56-53-50-47-44-41-38-35-32-29-26-23-20-17-14-11-8-5-2/h17-18,20-21,25-30,66H,4-16,19,22-24,31-65H2,1-3H3/b20-17-,21-18-,28-25-,29-26-,30-27-/t66-/m0/s1. The van der Waals surface area contributed by atoms with E-state index in [0.717, 1.165) is 77.0 Å². The molecule has 436 valence electrons. The second kappa shape index (κ2) is 63.6. The third-order valence-electron chi connectivity index (χ3n) is 14.5. The Balaban J connectivity index is 4.36. The maximum absolute atomic E-state index is 12.9. The fraction of sp³-hybridized carbons (Fsp3) is 0.812. The monoisotopic (exact) mass is 1050 g/mol. The van der Waals surface area contributed by atoms with E-state index in [1.807, 2.05) is 0 Å². The molecule has 0 aromatic carbocycles. The van der Waals surface area contributed by atoms with Gasteiger partial charge < -0.3 is 14.2 Å². The predicted octanol–water partition coefficient (Wildman–Crippen LogP) is 22.3. The van der Waals surface area contributed by atoms with Crippen LogP contribution in [0.4, 0.5) is 0 Å². The lowest BCUT2D eigenvalue weighted by Gasteiger charge is -2.18. The average molecular weight is 1050 g/mol. The van der Waals surface area contributed by atoms with Gasteiger partial charge in [0.15, 0.2) is 6.10 Å². The zero-order chi connectivity index (χ0) is 54.3. The van der Waals surface area contributed by atoms with Gasteiger partial charge in [-0.1, -0.05) is 274 Å². The summed E-state index contributed by atoms with van der Waals surface area (Å²) >= 11 is 0. The molecule has 75 heavy (non-hydrogen) atoms. The van der Waals surface area contributed by atoms with Crippen molar-refractivity contribution in [1.82, 2.24) is 0 Å². The van der Waals surface area contributed by atoms with Crippen LogP contribution in [0.25, 0.3) is 0 Å². The number of carbonyl (C=O) groups is 3. The zero-order valence-corrected chi connectivity index (χ0v) is 50.1. The molecule has 0 saturated carbocycles. The summed E-state index contributed by atoms with van der Waals surface area (Å²) in [7, 11) is 0. The minimum absolute atomic E-state index is 0.0772. The second-order valence-corrected chi connectivity index (χ2v) is 22.0. The lowest BCUT2D eigenvalue weighted by Crippen LogP contribution is -2.30. The van der Waals surface area contributed by atoms with Crippen molar-refractivity contribution < 1.29 is 28.6 Å². The summed E-state index contributed by atoms with van der Waals surface area (Å²) in [5.41, 5.74) is 0. The Kier molecular flexibility index (Phi) is 61.2. The molecule has 1 atom stereocenters. The van der Waals surface area contributed by atoms with Crippen molar-refractivity contribution in [1.29, 1.82) is 0 Å². The highest BCUT2D eigenvalue weighted by molar-refractivity contribution is 5.71. The van der Waals surface area contributed by atoms with Gasteiger partial charge in [0.25, 0.3) is 0 Å². The van der Waals surface area contributed by atoms with Crippen molar-refractivity contribution in [3.63, 3.8) is 0 Å². The number of esters is 3. The van der Waals surface area contributed by atoms with E-state index < -0.39 is 6.10 Å². The topological polar surface area (TPSA) is 78.9 Å². The summed E-state index contributed by atoms with van der Waals surface area (Å²) in [5.74, 6) is -0.871. The van der Waals surface area contributed by atoms with Crippen LogP contribution in [0.3, 0.4) is 0 Å². The normalized spacial score (nSPS) is 12.4. The van der Waals surface area contributed by atoms with Gasteiger partial charge >= 0.3 is 17.9 Å². The van der Waals surface area contributed by atoms with Crippen molar-refractivity contribution in [2.45, 2.75) is 348 Å². The maximum Gasteiger partial charge on any atom is 0.306 e. The third-order valence-corrected chi connectivity index (χ3v) is 14.5. The van der Waals surface area contributed by atoms with Crippen molar-refractivity contribution >= 4 is 17.9 Å². The first-order valence-corrected chi connectivity index (χ1v) is 32.8. The molecule has 0 fully saturated rings. The molecule has 0 N–H and O–H groups in total. The number of hydrogen-bond acceptors (Lipinski definition) is 6. The number of hydrogen-bond donors (Lipinski definition) is 0. The minimum atomic E-state index is -0.781. The van der Waals surface area contributed by atoms with Gasteiger partial charge in [0.05, 0.1) is 0 Å². The van der Waals surface area contributed by atoms with Gasteiger partial charge in [-0.05, 0) is 109 Å². The van der Waals surface area contributed by atoms with Crippen LogP contribution in [0.15, 0.2) is 60.8 Å². The Morgan fingerprint density at radius 1 is 0.267 bits per heavy atom. The molecule has 0 radical (unpaired) electrons. The molecular formula is C69H124O6. The molecule has 0 rings (SSSR count). The van der Waals surface area contributed by atoms with Crippen LogP contribution in [0.2, 0.25) is 0 Å². The van der Waals surface area contributed by atoms with Crippen LogP contribution in [0, 0.1) is 0 Å². The predicted molar refractivity (Wildman–Crippen MR) is 325 cm³/mol. The van der Waals surface area contributed by atoms with Gasteiger partial charge in [-0.3, -0.25) is 14.4 Å². The van der Waals surface area contributed by atoms with Gasteiger partial charge in [0.1, 0.15) is 13.2 Å². The summed E-state index contributed by atoms with van der Waals surface area (Å²) < 4.78 is 17.0. The first-order chi connectivity index (χ1) is 37.0. The zero-order valence-electron chi connectivity index (χ0n) is 50.1. The van der Waals surface area contributed by atoms with Crippen LogP contribution >= 0.6 is 0 Å². The molecule has 6 nitrogen and oxygen atoms in total. The van der Waals surface area contributed by atoms with Crippen LogP contribution in [-0.2, 0) is 28.6 Å². The van der Waals surface area contributed by atoms with Crippen molar-refractivity contribution in [3.8, 4) is 0 Å². The highest BCUT2D eigenvalue weighted by atomic mass is 16.6. The molecule has 0 spiro atoms. The number of ether oxygens (including phenoxy) is 3. The largest absolute Gasteiger partial charge is 0.462 e. The van der Waals surface area contributed by atoms with E-state index in [1.165, 1.54) is 225 Å². The number of carbonyl (C=O) groups excluding carboxylic acids is 3. The molecule has 0 aliphatic heterocycles. The fourth-order valence-electron chi connectivity index (χ4n) is 9.50. The van der Waals surface area contributed by atoms with E-state index in [9.17, 15) is 14.4 Å². The van der Waals surface area contributed by atoms with Crippen LogP contribution < -0.4 is 0 Å². The summed E-state index contributed by atoms with van der Waals surface area (Å²) in [4.78, 5) is 38.4. The lowest BCUT2D eigenvalue weighted by atomic mass is 10.0. The molecular weight excluding hydrogens is 925 g/mol. The van der Waals surface area contributed by atoms with E-state index in [-0.39, 0.29) is 31.1 Å². The van der Waals surface area contributed by atoms with Gasteiger partial charge in [-0.15, -0.1) is 0 Å². The SMILES string of the molecule is CCCCC/C=C\C/C=C\CCCCCCCCCCCC(=O)OC[C@H](COC(=O)CCCCCCCCC/C=C\C/C=C\CCCCC)OC(=O)CCCCCCCCCCCCC/C=C\CCCCCCCC. The number of allylic oxidation sites excluding steroid dienone is 10. The molecule has 0 amide bonds. The van der Waals surface area contributed by atoms with Crippen molar-refractivity contribution in [3.05, 3.63) is 60.8 Å². The average Bonchev–Trinajstić information content (AvgIpc) is 3.41. The smallest absolute Gasteiger partial charge is 0.306 e. The van der Waals surface area contributed by atoms with Crippen molar-refractivity contribution in [2.75, 3.05) is 13.2 Å². The highest BCUT2D eigenvalue weighted by Gasteiger charge is 2.19. The van der Waals surface area contributed by atoms with Crippen LogP contribution in [0.5, 0.6) is 0 Å². The van der Waals surface area contributed by atoms with Gasteiger partial charge in [0.2, 0.25) is 0 Å². The highest BCUT2D eigenvalue weighted by Crippen LogP contribution is 2.17. The first kappa shape index (κ1) is 72.1. The lowest BCUT2D eigenvalue weighted by molar-refractivity contribution is -0.167. The van der Waals surface area contributed by atoms with Crippen molar-refractivity contribution in [2.24, 2.45) is 0 Å². The Morgan fingerprint density at radius 3 is 0.773 bits per heavy atom. The summed E-state index contributed by atoms with van der Waals surface area (Å²) in [6.07, 6.45) is 80.7. The molecule has 6 heteroatoms. The van der Waals surface area contributed by atoms with Gasteiger partial charge in [-0.2, -0.15) is 0 Å². The molecule has 0 aromatic heterocycles. The molecule has 0 aliphatic rings. The molecule has 0 aliphatic carbocycles. The first-order valence-electron chi connectivity index (χ1n) is 32.8. The quantitative estimate of drug-likeness (QED) is 0.0261. The Hall–Kier alpha value is -2.89. The van der Waals surface area contributed by atoms with Gasteiger partial charge in [0, 0.05) is 19.3 Å². The van der Waals surface area contributed by atoms with Gasteiger partial charge in [-0.25, -0.2) is 0 Å². The molecule has 0 unspecified atom stereocenters.